The van der Waals surface area contributed by atoms with Crippen molar-refractivity contribution in [2.24, 2.45) is 0 Å². The number of anilines is 1. The molecule has 4 nitrogen and oxygen atoms in total. The average Bonchev–Trinajstić information content (AvgIpc) is 2.94. The van der Waals surface area contributed by atoms with Gasteiger partial charge >= 0.3 is 0 Å². The van der Waals surface area contributed by atoms with E-state index in [9.17, 15) is 0 Å². The minimum Gasteiger partial charge on any atom is -0.482 e. The summed E-state index contributed by atoms with van der Waals surface area (Å²) in [6.45, 7) is 0.200. The van der Waals surface area contributed by atoms with Crippen molar-refractivity contribution in [3.63, 3.8) is 0 Å². The van der Waals surface area contributed by atoms with Crippen LogP contribution < -0.4 is 10.1 Å². The fraction of sp³-hybridized carbons (Fsp3) is 0.143. The van der Waals surface area contributed by atoms with Crippen LogP contribution in [-0.4, -0.2) is 17.0 Å². The van der Waals surface area contributed by atoms with Gasteiger partial charge in [0.2, 0.25) is 0 Å². The van der Waals surface area contributed by atoms with Gasteiger partial charge in [-0.1, -0.05) is 29.3 Å². The molecule has 0 radical (unpaired) electrons. The van der Waals surface area contributed by atoms with Gasteiger partial charge in [-0.2, -0.15) is 0 Å². The van der Waals surface area contributed by atoms with Gasteiger partial charge in [0.05, 0.1) is 15.4 Å². The molecule has 1 N–H and O–H groups in total. The molecule has 2 aromatic heterocycles. The normalized spacial score (nSPS) is 10.8. The van der Waals surface area contributed by atoms with Crippen molar-refractivity contribution in [1.82, 2.24) is 9.97 Å². The van der Waals surface area contributed by atoms with E-state index >= 15 is 0 Å². The van der Waals surface area contributed by atoms with E-state index in [0.29, 0.717) is 21.6 Å². The minimum atomic E-state index is 0.200. The van der Waals surface area contributed by atoms with Crippen molar-refractivity contribution in [2.45, 2.75) is 6.61 Å². The number of hydrogen-bond donors (Lipinski definition) is 1. The summed E-state index contributed by atoms with van der Waals surface area (Å²) in [5.41, 5.74) is 0. The number of nitrogens with zero attached hydrogens (tertiary/aromatic N) is 2. The summed E-state index contributed by atoms with van der Waals surface area (Å²) < 4.78 is 5.67. The summed E-state index contributed by atoms with van der Waals surface area (Å²) in [6, 6.07) is 7.21. The third-order valence-corrected chi connectivity index (χ3v) is 4.27. The lowest BCUT2D eigenvalue weighted by Gasteiger charge is -2.10. The van der Waals surface area contributed by atoms with Gasteiger partial charge in [-0.15, -0.1) is 11.3 Å². The zero-order valence-electron chi connectivity index (χ0n) is 11.1. The molecule has 21 heavy (non-hydrogen) atoms. The Morgan fingerprint density at radius 3 is 2.67 bits per heavy atom. The van der Waals surface area contributed by atoms with Crippen LogP contribution in [0.4, 0.5) is 5.82 Å². The van der Waals surface area contributed by atoms with Gasteiger partial charge < -0.3 is 10.1 Å². The predicted molar refractivity (Wildman–Crippen MR) is 87.8 cm³/mol. The number of halogens is 2. The summed E-state index contributed by atoms with van der Waals surface area (Å²) in [5.74, 6) is 1.80. The second kappa shape index (κ2) is 6.05. The maximum Gasteiger partial charge on any atom is 0.169 e. The standard InChI is InChI=1S/C14H11Cl2N3OS/c1-17-13-8-5-6-21-14(8)19-11(18-13)7-20-12-9(15)3-2-4-10(12)16/h2-6H,7H2,1H3,(H,17,18,19). The molecular weight excluding hydrogens is 329 g/mol. The van der Waals surface area contributed by atoms with Gasteiger partial charge in [0.1, 0.15) is 17.3 Å². The lowest BCUT2D eigenvalue weighted by molar-refractivity contribution is 0.297. The highest BCUT2D eigenvalue weighted by Gasteiger charge is 2.11. The molecule has 2 heterocycles. The zero-order chi connectivity index (χ0) is 14.8. The van der Waals surface area contributed by atoms with Crippen molar-refractivity contribution in [3.05, 3.63) is 45.5 Å². The molecule has 3 aromatic rings. The molecule has 108 valence electrons. The van der Waals surface area contributed by atoms with E-state index in [4.69, 9.17) is 27.9 Å². The number of benzene rings is 1. The Kier molecular flexibility index (Phi) is 4.14. The summed E-state index contributed by atoms with van der Waals surface area (Å²) in [7, 11) is 1.83. The number of rotatable bonds is 4. The van der Waals surface area contributed by atoms with Crippen LogP contribution in [0.25, 0.3) is 10.2 Å². The van der Waals surface area contributed by atoms with E-state index < -0.39 is 0 Å². The second-order valence-corrected chi connectivity index (χ2v) is 5.93. The van der Waals surface area contributed by atoms with Gasteiger partial charge in [-0.25, -0.2) is 9.97 Å². The van der Waals surface area contributed by atoms with E-state index in [1.165, 1.54) is 0 Å². The maximum absolute atomic E-state index is 6.07. The Balaban J connectivity index is 1.88. The van der Waals surface area contributed by atoms with Crippen LogP contribution in [0, 0.1) is 0 Å². The van der Waals surface area contributed by atoms with E-state index in [1.807, 2.05) is 18.5 Å². The number of nitrogens with one attached hydrogen (secondary N) is 1. The van der Waals surface area contributed by atoms with Crippen LogP contribution in [0.5, 0.6) is 5.75 Å². The van der Waals surface area contributed by atoms with Crippen LogP contribution in [0.15, 0.2) is 29.6 Å². The number of thiophene rings is 1. The number of hydrogen-bond acceptors (Lipinski definition) is 5. The Morgan fingerprint density at radius 2 is 1.95 bits per heavy atom. The van der Waals surface area contributed by atoms with Crippen LogP contribution in [0.2, 0.25) is 10.0 Å². The Labute approximate surface area is 135 Å². The molecule has 0 amide bonds. The molecule has 0 fully saturated rings. The van der Waals surface area contributed by atoms with Crippen molar-refractivity contribution in [2.75, 3.05) is 12.4 Å². The lowest BCUT2D eigenvalue weighted by atomic mass is 10.3. The van der Waals surface area contributed by atoms with Crippen molar-refractivity contribution in [3.8, 4) is 5.75 Å². The highest BCUT2D eigenvalue weighted by atomic mass is 35.5. The summed E-state index contributed by atoms with van der Waals surface area (Å²) in [4.78, 5) is 9.83. The third kappa shape index (κ3) is 2.90. The van der Waals surface area contributed by atoms with E-state index in [1.54, 1.807) is 29.5 Å². The third-order valence-electron chi connectivity index (χ3n) is 2.87. The molecule has 1 aromatic carbocycles. The van der Waals surface area contributed by atoms with Crippen LogP contribution in [0.1, 0.15) is 5.82 Å². The first-order chi connectivity index (χ1) is 10.2. The first kappa shape index (κ1) is 14.4. The van der Waals surface area contributed by atoms with Crippen LogP contribution >= 0.6 is 34.5 Å². The lowest BCUT2D eigenvalue weighted by Crippen LogP contribution is -2.04. The van der Waals surface area contributed by atoms with E-state index in [2.05, 4.69) is 15.3 Å². The number of ether oxygens (including phenoxy) is 1. The molecule has 0 aliphatic carbocycles. The summed E-state index contributed by atoms with van der Waals surface area (Å²) in [5, 5.41) is 6.98. The highest BCUT2D eigenvalue weighted by Crippen LogP contribution is 2.33. The monoisotopic (exact) mass is 339 g/mol. The molecule has 3 rings (SSSR count). The fourth-order valence-electron chi connectivity index (χ4n) is 1.91. The smallest absolute Gasteiger partial charge is 0.169 e. The Morgan fingerprint density at radius 1 is 1.19 bits per heavy atom. The van der Waals surface area contributed by atoms with Gasteiger partial charge in [0.15, 0.2) is 11.6 Å². The molecule has 0 bridgehead atoms. The predicted octanol–water partition coefficient (Wildman–Crippen LogP) is 4.62. The average molecular weight is 340 g/mol. The van der Waals surface area contributed by atoms with Gasteiger partial charge in [-0.3, -0.25) is 0 Å². The summed E-state index contributed by atoms with van der Waals surface area (Å²) >= 11 is 13.7. The molecule has 0 aliphatic heterocycles. The van der Waals surface area contributed by atoms with E-state index in [-0.39, 0.29) is 6.61 Å². The maximum atomic E-state index is 6.07. The van der Waals surface area contributed by atoms with Crippen molar-refractivity contribution in [1.29, 1.82) is 0 Å². The highest BCUT2D eigenvalue weighted by molar-refractivity contribution is 7.16. The van der Waals surface area contributed by atoms with Crippen LogP contribution in [-0.2, 0) is 6.61 Å². The SMILES string of the molecule is CNc1nc(COc2c(Cl)cccc2Cl)nc2sccc12. The molecule has 7 heteroatoms. The summed E-state index contributed by atoms with van der Waals surface area (Å²) in [6.07, 6.45) is 0. The number of fused-ring (bicyclic) bond motifs is 1. The molecule has 0 atom stereocenters. The first-order valence-corrected chi connectivity index (χ1v) is 7.81. The second-order valence-electron chi connectivity index (χ2n) is 4.22. The first-order valence-electron chi connectivity index (χ1n) is 6.17. The molecular formula is C14H11Cl2N3OS. The molecule has 0 spiro atoms. The van der Waals surface area contributed by atoms with Gasteiger partial charge in [-0.05, 0) is 23.6 Å². The van der Waals surface area contributed by atoms with Gasteiger partial charge in [0.25, 0.3) is 0 Å². The van der Waals surface area contributed by atoms with Gasteiger partial charge in [0, 0.05) is 7.05 Å². The zero-order valence-corrected chi connectivity index (χ0v) is 13.4. The Hall–Kier alpha value is -1.56. The number of para-hydroxylation sites is 1. The quantitative estimate of drug-likeness (QED) is 0.753. The van der Waals surface area contributed by atoms with Crippen molar-refractivity contribution < 1.29 is 4.74 Å². The molecule has 0 saturated heterocycles. The largest absolute Gasteiger partial charge is 0.482 e. The minimum absolute atomic E-state index is 0.200. The molecule has 0 saturated carbocycles. The van der Waals surface area contributed by atoms with Crippen LogP contribution in [0.3, 0.4) is 0 Å². The molecule has 0 unspecified atom stereocenters. The molecule has 0 aliphatic rings. The number of aromatic nitrogens is 2. The topological polar surface area (TPSA) is 47.0 Å². The van der Waals surface area contributed by atoms with Crippen molar-refractivity contribution >= 4 is 50.6 Å². The Bertz CT molecular complexity index is 771. The fourth-order valence-corrected chi connectivity index (χ4v) is 3.20. The van der Waals surface area contributed by atoms with E-state index in [0.717, 1.165) is 16.0 Å².